The minimum absolute atomic E-state index is 0.0252. The first-order chi connectivity index (χ1) is 20.5. The number of rotatable bonds is 7. The van der Waals surface area contributed by atoms with Crippen LogP contribution in [-0.2, 0) is 24.8 Å². The highest BCUT2D eigenvalue weighted by Gasteiger charge is 2.35. The molecule has 1 N–H and O–H groups in total. The Bertz CT molecular complexity index is 1720. The maximum Gasteiger partial charge on any atom is 0.290 e. The number of methoxy groups -OCH3 is 1. The fourth-order valence-corrected chi connectivity index (χ4v) is 3.86. The van der Waals surface area contributed by atoms with E-state index in [9.17, 15) is 9.18 Å². The molecule has 0 spiro atoms. The second-order valence-corrected chi connectivity index (χ2v) is 8.30. The molecule has 1 aromatic carbocycles. The highest BCUT2D eigenvalue weighted by atomic mass is 19.1. The summed E-state index contributed by atoms with van der Waals surface area (Å²) < 4.78 is 84.6. The number of fused-ring (bicyclic) bond motifs is 1. The van der Waals surface area contributed by atoms with Crippen molar-refractivity contribution < 1.29 is 24.9 Å². The van der Waals surface area contributed by atoms with Gasteiger partial charge in [-0.05, 0) is 36.6 Å². The van der Waals surface area contributed by atoms with Gasteiger partial charge in [-0.2, -0.15) is 5.10 Å². The predicted molar refractivity (Wildman–Crippen MR) is 131 cm³/mol. The van der Waals surface area contributed by atoms with Crippen molar-refractivity contribution >= 4 is 17.7 Å². The Balaban J connectivity index is 1.52. The number of anilines is 2. The van der Waals surface area contributed by atoms with E-state index >= 15 is 0 Å². The van der Waals surface area contributed by atoms with Crippen molar-refractivity contribution in [2.75, 3.05) is 19.0 Å². The first kappa shape index (κ1) is 15.8. The van der Waals surface area contributed by atoms with Crippen LogP contribution in [-0.4, -0.2) is 59.8 Å². The quantitative estimate of drug-likeness (QED) is 0.417. The summed E-state index contributed by atoms with van der Waals surface area (Å²) in [4.78, 5) is 27.8. The van der Waals surface area contributed by atoms with Crippen molar-refractivity contribution in [2.24, 2.45) is 6.98 Å². The van der Waals surface area contributed by atoms with Crippen molar-refractivity contribution in [3.05, 3.63) is 71.2 Å². The summed E-state index contributed by atoms with van der Waals surface area (Å²) in [5.41, 5.74) is 1.22. The number of carbonyl (C=O) groups excluding carboxylic acids is 1. The molecule has 10 nitrogen and oxygen atoms in total. The molecule has 0 radical (unpaired) electrons. The van der Waals surface area contributed by atoms with Crippen LogP contribution >= 0.6 is 0 Å². The van der Waals surface area contributed by atoms with Gasteiger partial charge in [-0.15, -0.1) is 0 Å². The van der Waals surface area contributed by atoms with E-state index in [0.717, 1.165) is 15.6 Å². The molecule has 36 heavy (non-hydrogen) atoms. The average molecular weight is 499 g/mol. The van der Waals surface area contributed by atoms with Crippen LogP contribution in [0.25, 0.3) is 11.4 Å². The number of aromatic nitrogens is 6. The Morgan fingerprint density at radius 1 is 1.28 bits per heavy atom. The fourth-order valence-electron chi connectivity index (χ4n) is 3.86. The summed E-state index contributed by atoms with van der Waals surface area (Å²) in [6, 6.07) is 4.07. The third-order valence-electron chi connectivity index (χ3n) is 5.75. The normalized spacial score (nSPS) is 19.7. The first-order valence-corrected chi connectivity index (χ1v) is 10.9. The maximum atomic E-state index is 14.4. The Hall–Kier alpha value is -4.12. The van der Waals surface area contributed by atoms with Gasteiger partial charge in [-0.25, -0.2) is 19.3 Å². The van der Waals surface area contributed by atoms with Gasteiger partial charge in [0.2, 0.25) is 5.95 Å². The number of imidazole rings is 1. The van der Waals surface area contributed by atoms with E-state index in [1.165, 1.54) is 48.3 Å². The second kappa shape index (κ2) is 9.50. The van der Waals surface area contributed by atoms with Crippen LogP contribution in [0.2, 0.25) is 0 Å². The number of aryl methyl sites for hydroxylation is 3. The zero-order valence-electron chi connectivity index (χ0n) is 27.4. The summed E-state index contributed by atoms with van der Waals surface area (Å²) in [7, 11) is -2.81. The van der Waals surface area contributed by atoms with Gasteiger partial charge in [0.05, 0.1) is 31.4 Å². The van der Waals surface area contributed by atoms with Crippen LogP contribution in [0.3, 0.4) is 0 Å². The van der Waals surface area contributed by atoms with Crippen LogP contribution in [0.15, 0.2) is 42.9 Å². The molecule has 1 aliphatic heterocycles. The lowest BCUT2D eigenvalue weighted by Gasteiger charge is -2.35. The van der Waals surface area contributed by atoms with Gasteiger partial charge in [-0.1, -0.05) is 12.1 Å². The first-order valence-electron chi connectivity index (χ1n) is 14.9. The van der Waals surface area contributed by atoms with Gasteiger partial charge in [0, 0.05) is 49.6 Å². The molecule has 186 valence electrons. The molecule has 1 atom stereocenters. The smallest absolute Gasteiger partial charge is 0.290 e. The molecule has 0 saturated carbocycles. The van der Waals surface area contributed by atoms with E-state index in [-0.39, 0.29) is 41.0 Å². The van der Waals surface area contributed by atoms with Gasteiger partial charge < -0.3 is 19.5 Å². The number of nitrogens with zero attached hydrogens (tertiary/aromatic N) is 7. The number of amides is 1. The summed E-state index contributed by atoms with van der Waals surface area (Å²) in [6.45, 7) is -2.53. The van der Waals surface area contributed by atoms with Crippen LogP contribution < -0.4 is 5.32 Å². The van der Waals surface area contributed by atoms with Gasteiger partial charge in [0.1, 0.15) is 17.3 Å². The molecule has 0 bridgehead atoms. The van der Waals surface area contributed by atoms with Crippen LogP contribution in [0.4, 0.5) is 16.2 Å². The Labute approximate surface area is 219 Å². The fraction of sp³-hybridized carbons (Fsp3) is 0.320. The highest BCUT2D eigenvalue weighted by Crippen LogP contribution is 2.27. The molecular formula is C25H27FN8O2. The molecule has 1 amide bonds. The van der Waals surface area contributed by atoms with Crippen molar-refractivity contribution in [1.29, 1.82) is 0 Å². The second-order valence-electron chi connectivity index (χ2n) is 8.30. The predicted octanol–water partition coefficient (Wildman–Crippen LogP) is 3.24. The summed E-state index contributed by atoms with van der Waals surface area (Å²) in [5.74, 6) is -1.56. The number of halogens is 1. The SMILES string of the molecule is [2H]C([2H])([2H])OC[C@H]1Cn2cc(-c3nc(Nc4ccnn4C([2H])([2H])[2H])ncc3C)nc2C(=O)N1C([2H])([2H])c1ccc(C)c(F)c1. The summed E-state index contributed by atoms with van der Waals surface area (Å²) >= 11 is 0. The molecule has 11 heteroatoms. The van der Waals surface area contributed by atoms with Crippen LogP contribution in [0, 0.1) is 19.7 Å². The van der Waals surface area contributed by atoms with Gasteiger partial charge in [0.25, 0.3) is 5.91 Å². The van der Waals surface area contributed by atoms with Gasteiger partial charge >= 0.3 is 0 Å². The maximum absolute atomic E-state index is 14.4. The number of hydrogen-bond donors (Lipinski definition) is 1. The van der Waals surface area contributed by atoms with E-state index in [1.807, 2.05) is 0 Å². The zero-order valence-corrected chi connectivity index (χ0v) is 19.4. The van der Waals surface area contributed by atoms with Crippen molar-refractivity contribution in [3.63, 3.8) is 0 Å². The molecule has 1 aliphatic rings. The Morgan fingerprint density at radius 3 is 2.97 bits per heavy atom. The monoisotopic (exact) mass is 498 g/mol. The molecule has 4 heterocycles. The van der Waals surface area contributed by atoms with Crippen molar-refractivity contribution in [1.82, 2.24) is 34.2 Å². The Kier molecular flexibility index (Phi) is 4.17. The number of ether oxygens (including phenoxy) is 1. The largest absolute Gasteiger partial charge is 0.382 e. The molecule has 5 rings (SSSR count). The van der Waals surface area contributed by atoms with Gasteiger partial charge in [-0.3, -0.25) is 9.48 Å². The summed E-state index contributed by atoms with van der Waals surface area (Å²) in [5, 5.41) is 6.63. The molecule has 4 aromatic rings. The van der Waals surface area contributed by atoms with Gasteiger partial charge in [0.15, 0.2) is 5.82 Å². The number of carbonyl (C=O) groups is 1. The van der Waals surface area contributed by atoms with Crippen LogP contribution in [0.5, 0.6) is 0 Å². The molecule has 0 unspecified atom stereocenters. The number of benzene rings is 1. The topological polar surface area (TPSA) is 103 Å². The van der Waals surface area contributed by atoms with Crippen molar-refractivity contribution in [2.45, 2.75) is 32.9 Å². The molecular weight excluding hydrogens is 463 g/mol. The zero-order chi connectivity index (χ0) is 32.2. The van der Waals surface area contributed by atoms with Crippen molar-refractivity contribution in [3.8, 4) is 11.4 Å². The lowest BCUT2D eigenvalue weighted by molar-refractivity contribution is 0.0380. The third kappa shape index (κ3) is 4.44. The number of nitrogens with one attached hydrogen (secondary N) is 1. The van der Waals surface area contributed by atoms with E-state index in [0.29, 0.717) is 11.3 Å². The van der Waals surface area contributed by atoms with Crippen LogP contribution in [0.1, 0.15) is 38.3 Å². The molecule has 0 aliphatic carbocycles. The van der Waals surface area contributed by atoms with E-state index in [2.05, 4.69) is 25.4 Å². The molecule has 3 aromatic heterocycles. The minimum Gasteiger partial charge on any atom is -0.382 e. The summed E-state index contributed by atoms with van der Waals surface area (Å²) in [6.07, 6.45) is 4.30. The number of hydrogen-bond acceptors (Lipinski definition) is 7. The third-order valence-corrected chi connectivity index (χ3v) is 5.75. The molecule has 0 fully saturated rings. The minimum atomic E-state index is -2.81. The Morgan fingerprint density at radius 2 is 2.17 bits per heavy atom. The van der Waals surface area contributed by atoms with E-state index in [4.69, 9.17) is 15.7 Å². The van der Waals surface area contributed by atoms with E-state index < -0.39 is 44.9 Å². The lowest BCUT2D eigenvalue weighted by Crippen LogP contribution is -2.49. The molecule has 0 saturated heterocycles. The average Bonchev–Trinajstić information content (AvgIpc) is 3.57. The lowest BCUT2D eigenvalue weighted by atomic mass is 10.1. The van der Waals surface area contributed by atoms with E-state index in [1.54, 1.807) is 6.92 Å². The highest BCUT2D eigenvalue weighted by molar-refractivity contribution is 5.92. The standard InChI is InChI=1S/C25H27FN8O2/c1-15-5-6-17(9-19(15)26)11-34-18(14-36-4)12-33-13-20(29-23(33)24(34)35)22-16(2)10-27-25(31-22)30-21-7-8-28-32(21)3/h5-10,13,18H,11-12,14H2,1-4H3,(H,27,30,31)/t18-/m1/s1/i3D3,4D3,11D2.